The molecule has 25 heavy (non-hydrogen) atoms. The second-order valence-electron chi connectivity index (χ2n) is 7.77. The number of allylic oxidation sites excluding steroid dienone is 4. The molecule has 0 aromatic carbocycles. The Kier molecular flexibility index (Phi) is 12.8. The summed E-state index contributed by atoms with van der Waals surface area (Å²) in [4.78, 5) is 0. The predicted molar refractivity (Wildman–Crippen MR) is 104 cm³/mol. The molecule has 0 saturated heterocycles. The van der Waals surface area contributed by atoms with Gasteiger partial charge in [0, 0.05) is 44.1 Å². The fraction of sp³-hybridized carbons (Fsp3) is 0.636. The standard InChI is InChI=1S/2C11H18O.Ac/c2*1-8-6-9(2)10(3)11(7-8)4-5-12;/h2*4,8-9,12H,3,5-7H2,1-2H3;/b2*11-4+;/t2*8-,9-;/m00./s1. The molecule has 2 fully saturated rings. The van der Waals surface area contributed by atoms with Gasteiger partial charge in [-0.05, 0) is 71.6 Å². The van der Waals surface area contributed by atoms with Crippen molar-refractivity contribution in [1.82, 2.24) is 0 Å². The van der Waals surface area contributed by atoms with Gasteiger partial charge in [0.1, 0.15) is 0 Å². The molecule has 2 nitrogen and oxygen atoms in total. The van der Waals surface area contributed by atoms with E-state index in [4.69, 9.17) is 10.2 Å². The van der Waals surface area contributed by atoms with Gasteiger partial charge < -0.3 is 10.2 Å². The summed E-state index contributed by atoms with van der Waals surface area (Å²) in [6, 6.07) is 0. The Balaban J connectivity index is 0.000000443. The molecule has 1 radical (unpaired) electrons. The van der Waals surface area contributed by atoms with Crippen LogP contribution < -0.4 is 0 Å². The minimum Gasteiger partial charge on any atom is -0.392 e. The average Bonchev–Trinajstić information content (AvgIpc) is 2.50. The largest absolute Gasteiger partial charge is 0.392 e. The van der Waals surface area contributed by atoms with Gasteiger partial charge in [-0.1, -0.05) is 53.0 Å². The zero-order valence-electron chi connectivity index (χ0n) is 16.6. The Morgan fingerprint density at radius 2 is 1.12 bits per heavy atom. The Morgan fingerprint density at radius 1 is 0.800 bits per heavy atom. The molecule has 4 atom stereocenters. The molecular weight excluding hydrogens is 523 g/mol. The summed E-state index contributed by atoms with van der Waals surface area (Å²) in [5, 5.41) is 17.6. The molecule has 0 aliphatic heterocycles. The molecule has 0 bridgehead atoms. The van der Waals surface area contributed by atoms with Crippen LogP contribution in [0.4, 0.5) is 0 Å². The molecule has 139 valence electrons. The van der Waals surface area contributed by atoms with E-state index < -0.39 is 0 Å². The molecule has 2 aliphatic carbocycles. The first-order valence-electron chi connectivity index (χ1n) is 9.28. The van der Waals surface area contributed by atoms with Crippen LogP contribution in [0.2, 0.25) is 0 Å². The molecule has 2 N–H and O–H groups in total. The summed E-state index contributed by atoms with van der Waals surface area (Å²) in [6.45, 7) is 17.3. The van der Waals surface area contributed by atoms with Crippen molar-refractivity contribution in [3.63, 3.8) is 0 Å². The van der Waals surface area contributed by atoms with E-state index in [1.807, 2.05) is 12.2 Å². The number of rotatable bonds is 2. The summed E-state index contributed by atoms with van der Waals surface area (Å²) in [5.41, 5.74) is 4.98. The molecule has 0 heterocycles. The molecular formula is C22H36AcO2. The van der Waals surface area contributed by atoms with E-state index in [1.54, 1.807) is 0 Å². The maximum Gasteiger partial charge on any atom is 0.0618 e. The van der Waals surface area contributed by atoms with Crippen molar-refractivity contribution in [1.29, 1.82) is 0 Å². The van der Waals surface area contributed by atoms with Crippen molar-refractivity contribution in [2.75, 3.05) is 13.2 Å². The molecule has 0 unspecified atom stereocenters. The minimum absolute atomic E-state index is 0. The van der Waals surface area contributed by atoms with Crippen LogP contribution in [0.5, 0.6) is 0 Å². The van der Waals surface area contributed by atoms with Crippen molar-refractivity contribution in [3.8, 4) is 0 Å². The molecule has 2 aliphatic rings. The van der Waals surface area contributed by atoms with E-state index in [0.29, 0.717) is 11.8 Å². The zero-order chi connectivity index (χ0) is 18.3. The Bertz CT molecular complexity index is 458. The van der Waals surface area contributed by atoms with Crippen LogP contribution in [-0.4, -0.2) is 23.4 Å². The third-order valence-electron chi connectivity index (χ3n) is 5.34. The van der Waals surface area contributed by atoms with Gasteiger partial charge >= 0.3 is 0 Å². The van der Waals surface area contributed by atoms with E-state index >= 15 is 0 Å². The monoisotopic (exact) mass is 559 g/mol. The molecule has 0 aromatic heterocycles. The van der Waals surface area contributed by atoms with E-state index in [-0.39, 0.29) is 57.3 Å². The number of hydrogen-bond donors (Lipinski definition) is 2. The first kappa shape index (κ1) is 25.3. The number of aliphatic hydroxyl groups excluding tert-OH is 2. The summed E-state index contributed by atoms with van der Waals surface area (Å²) in [7, 11) is 0. The third kappa shape index (κ3) is 8.25. The zero-order valence-corrected chi connectivity index (χ0v) is 21.3. The molecule has 0 aromatic rings. The second kappa shape index (κ2) is 12.7. The number of hydrogen-bond acceptors (Lipinski definition) is 2. The predicted octanol–water partition coefficient (Wildman–Crippen LogP) is 5.05. The van der Waals surface area contributed by atoms with Gasteiger partial charge in [0.15, 0.2) is 0 Å². The molecule has 2 rings (SSSR count). The number of aliphatic hydroxyl groups is 2. The molecule has 2 saturated carbocycles. The fourth-order valence-corrected chi connectivity index (χ4v) is 3.95. The molecule has 0 spiro atoms. The summed E-state index contributed by atoms with van der Waals surface area (Å²) in [5.74, 6) is 2.66. The van der Waals surface area contributed by atoms with E-state index in [0.717, 1.165) is 24.7 Å². The Labute approximate surface area is 190 Å². The quantitative estimate of drug-likeness (QED) is 0.497. The van der Waals surface area contributed by atoms with Gasteiger partial charge in [0.2, 0.25) is 0 Å². The summed E-state index contributed by atoms with van der Waals surface area (Å²) < 4.78 is 0. The third-order valence-corrected chi connectivity index (χ3v) is 5.34. The van der Waals surface area contributed by atoms with E-state index in [1.165, 1.54) is 35.1 Å². The van der Waals surface area contributed by atoms with E-state index in [2.05, 4.69) is 40.9 Å². The topological polar surface area (TPSA) is 40.5 Å². The van der Waals surface area contributed by atoms with Crippen LogP contribution in [0.3, 0.4) is 0 Å². The van der Waals surface area contributed by atoms with Gasteiger partial charge in [-0.2, -0.15) is 0 Å². The van der Waals surface area contributed by atoms with Crippen molar-refractivity contribution < 1.29 is 54.3 Å². The fourth-order valence-electron chi connectivity index (χ4n) is 3.95. The van der Waals surface area contributed by atoms with E-state index in [9.17, 15) is 0 Å². The van der Waals surface area contributed by atoms with Crippen LogP contribution in [0.15, 0.2) is 47.6 Å². The van der Waals surface area contributed by atoms with Gasteiger partial charge in [-0.25, -0.2) is 0 Å². The van der Waals surface area contributed by atoms with Crippen LogP contribution in [0.1, 0.15) is 53.4 Å². The Hall–Kier alpha value is 0.322. The minimum atomic E-state index is 0. The van der Waals surface area contributed by atoms with Crippen LogP contribution >= 0.6 is 0 Å². The van der Waals surface area contributed by atoms with Crippen molar-refractivity contribution in [3.05, 3.63) is 47.6 Å². The molecule has 0 amide bonds. The maximum atomic E-state index is 8.79. The SMILES string of the molecule is C=C1/C(=C/CO)C[C@@H](C)C[C@@H]1C.C=C1/C(=C/CO)C[C@@H](C)C[C@@H]1C.[Ac]. The van der Waals surface area contributed by atoms with Crippen molar-refractivity contribution in [2.45, 2.75) is 53.4 Å². The van der Waals surface area contributed by atoms with Crippen LogP contribution in [0, 0.1) is 67.7 Å². The van der Waals surface area contributed by atoms with Crippen LogP contribution in [-0.2, 0) is 0 Å². The van der Waals surface area contributed by atoms with Crippen molar-refractivity contribution >= 4 is 0 Å². The van der Waals surface area contributed by atoms with Gasteiger partial charge in [0.25, 0.3) is 0 Å². The summed E-state index contributed by atoms with van der Waals surface area (Å²) in [6.07, 6.45) is 8.44. The first-order valence-corrected chi connectivity index (χ1v) is 9.28. The van der Waals surface area contributed by atoms with Gasteiger partial charge in [0.05, 0.1) is 13.2 Å². The second-order valence-corrected chi connectivity index (χ2v) is 7.77. The van der Waals surface area contributed by atoms with Gasteiger partial charge in [-0.3, -0.25) is 0 Å². The normalized spacial score (nSPS) is 32.9. The maximum absolute atomic E-state index is 8.79. The van der Waals surface area contributed by atoms with Gasteiger partial charge in [-0.15, -0.1) is 0 Å². The smallest absolute Gasteiger partial charge is 0.0618 e. The first-order chi connectivity index (χ1) is 11.3. The average molecular weight is 560 g/mol. The molecule has 3 heteroatoms. The van der Waals surface area contributed by atoms with Crippen LogP contribution in [0.25, 0.3) is 0 Å². The summed E-state index contributed by atoms with van der Waals surface area (Å²) >= 11 is 0. The van der Waals surface area contributed by atoms with Crippen molar-refractivity contribution in [2.24, 2.45) is 23.7 Å². The Morgan fingerprint density at radius 3 is 1.40 bits per heavy atom.